The number of aryl methyl sites for hydroxylation is 1. The number of pyridine rings is 1. The quantitative estimate of drug-likeness (QED) is 0.824. The maximum atomic E-state index is 11.2. The van der Waals surface area contributed by atoms with Crippen LogP contribution in [0, 0.1) is 6.92 Å². The molecule has 0 unspecified atom stereocenters. The van der Waals surface area contributed by atoms with Gasteiger partial charge in [-0.3, -0.25) is 4.79 Å². The summed E-state index contributed by atoms with van der Waals surface area (Å²) in [5.74, 6) is 1.02. The molecule has 1 aromatic carbocycles. The summed E-state index contributed by atoms with van der Waals surface area (Å²) in [5, 5.41) is 3.19. The molecule has 1 heterocycles. The molecule has 2 rings (SSSR count). The van der Waals surface area contributed by atoms with E-state index in [1.54, 1.807) is 18.3 Å². The number of carbonyl (C=O) groups is 1. The van der Waals surface area contributed by atoms with E-state index in [9.17, 15) is 4.79 Å². The van der Waals surface area contributed by atoms with Crippen LogP contribution >= 0.6 is 0 Å². The predicted octanol–water partition coefficient (Wildman–Crippen LogP) is 2.89. The Hall–Kier alpha value is -2.56. The van der Waals surface area contributed by atoms with Crippen molar-refractivity contribution in [2.45, 2.75) is 26.8 Å². The van der Waals surface area contributed by atoms with Crippen LogP contribution in [0.25, 0.3) is 0 Å². The monoisotopic (exact) mass is 299 g/mol. The summed E-state index contributed by atoms with van der Waals surface area (Å²) in [6, 6.07) is 9.34. The molecule has 5 nitrogen and oxygen atoms in total. The summed E-state index contributed by atoms with van der Waals surface area (Å²) in [6.45, 7) is 5.36. The minimum Gasteiger partial charge on any atom is -0.493 e. The zero-order chi connectivity index (χ0) is 15.9. The molecule has 0 atom stereocenters. The SMILES string of the molecule is CCCOc1cc(C)ccc1CNc1cc(C(N)=O)ccn1. The Balaban J connectivity index is 2.10. The van der Waals surface area contributed by atoms with Crippen molar-refractivity contribution in [2.75, 3.05) is 11.9 Å². The second-order valence-corrected chi connectivity index (χ2v) is 5.11. The Kier molecular flexibility index (Phi) is 5.36. The minimum absolute atomic E-state index is 0.434. The van der Waals surface area contributed by atoms with Crippen molar-refractivity contribution in [3.63, 3.8) is 0 Å². The Morgan fingerprint density at radius 3 is 2.86 bits per heavy atom. The van der Waals surface area contributed by atoms with Gasteiger partial charge in [-0.05, 0) is 37.1 Å². The second kappa shape index (κ2) is 7.45. The lowest BCUT2D eigenvalue weighted by atomic mass is 10.1. The van der Waals surface area contributed by atoms with Crippen LogP contribution in [0.5, 0.6) is 5.75 Å². The number of nitrogens with two attached hydrogens (primary N) is 1. The summed E-state index contributed by atoms with van der Waals surface area (Å²) in [5.41, 5.74) is 7.91. The number of primary amides is 1. The maximum absolute atomic E-state index is 11.2. The highest BCUT2D eigenvalue weighted by Gasteiger charge is 2.06. The first-order chi connectivity index (χ1) is 10.6. The fourth-order valence-corrected chi connectivity index (χ4v) is 2.02. The highest BCUT2D eigenvalue weighted by molar-refractivity contribution is 5.93. The van der Waals surface area contributed by atoms with Gasteiger partial charge in [-0.25, -0.2) is 4.98 Å². The molecule has 0 saturated carbocycles. The number of carbonyl (C=O) groups excluding carboxylic acids is 1. The molecule has 0 aliphatic rings. The van der Waals surface area contributed by atoms with E-state index in [0.29, 0.717) is 24.5 Å². The molecule has 5 heteroatoms. The van der Waals surface area contributed by atoms with Crippen molar-refractivity contribution in [2.24, 2.45) is 5.73 Å². The van der Waals surface area contributed by atoms with Crippen molar-refractivity contribution in [3.05, 3.63) is 53.2 Å². The number of amides is 1. The van der Waals surface area contributed by atoms with Crippen molar-refractivity contribution in [1.82, 2.24) is 4.98 Å². The fourth-order valence-electron chi connectivity index (χ4n) is 2.02. The number of ether oxygens (including phenoxy) is 1. The van der Waals surface area contributed by atoms with Gasteiger partial charge < -0.3 is 15.8 Å². The van der Waals surface area contributed by atoms with Gasteiger partial charge >= 0.3 is 0 Å². The van der Waals surface area contributed by atoms with E-state index in [0.717, 1.165) is 23.3 Å². The third-order valence-electron chi connectivity index (χ3n) is 3.19. The normalized spacial score (nSPS) is 10.3. The molecular weight excluding hydrogens is 278 g/mol. The van der Waals surface area contributed by atoms with E-state index < -0.39 is 5.91 Å². The van der Waals surface area contributed by atoms with E-state index in [1.807, 2.05) is 25.1 Å². The molecule has 0 saturated heterocycles. The van der Waals surface area contributed by atoms with Gasteiger partial charge in [-0.15, -0.1) is 0 Å². The van der Waals surface area contributed by atoms with Crippen molar-refractivity contribution < 1.29 is 9.53 Å². The van der Waals surface area contributed by atoms with Crippen molar-refractivity contribution >= 4 is 11.7 Å². The van der Waals surface area contributed by atoms with E-state index in [4.69, 9.17) is 10.5 Å². The molecule has 22 heavy (non-hydrogen) atoms. The van der Waals surface area contributed by atoms with Gasteiger partial charge in [0, 0.05) is 23.9 Å². The average molecular weight is 299 g/mol. The number of rotatable bonds is 7. The lowest BCUT2D eigenvalue weighted by molar-refractivity contribution is 0.1000. The Morgan fingerprint density at radius 2 is 2.14 bits per heavy atom. The largest absolute Gasteiger partial charge is 0.493 e. The van der Waals surface area contributed by atoms with Gasteiger partial charge in [-0.1, -0.05) is 19.1 Å². The van der Waals surface area contributed by atoms with Crippen LogP contribution in [0.4, 0.5) is 5.82 Å². The minimum atomic E-state index is -0.465. The first kappa shape index (κ1) is 15.8. The van der Waals surface area contributed by atoms with Crippen LogP contribution in [-0.4, -0.2) is 17.5 Å². The first-order valence-corrected chi connectivity index (χ1v) is 7.32. The highest BCUT2D eigenvalue weighted by atomic mass is 16.5. The average Bonchev–Trinajstić information content (AvgIpc) is 2.52. The molecule has 116 valence electrons. The number of hydrogen-bond acceptors (Lipinski definition) is 4. The van der Waals surface area contributed by atoms with E-state index in [-0.39, 0.29) is 0 Å². The molecule has 1 aromatic heterocycles. The summed E-state index contributed by atoms with van der Waals surface area (Å²) in [7, 11) is 0. The lowest BCUT2D eigenvalue weighted by Gasteiger charge is -2.13. The van der Waals surface area contributed by atoms with E-state index in [2.05, 4.69) is 17.2 Å². The molecule has 0 radical (unpaired) electrons. The smallest absolute Gasteiger partial charge is 0.248 e. The van der Waals surface area contributed by atoms with Crippen LogP contribution < -0.4 is 15.8 Å². The maximum Gasteiger partial charge on any atom is 0.248 e. The summed E-state index contributed by atoms with van der Waals surface area (Å²) < 4.78 is 5.78. The second-order valence-electron chi connectivity index (χ2n) is 5.11. The summed E-state index contributed by atoms with van der Waals surface area (Å²) >= 11 is 0. The zero-order valence-corrected chi connectivity index (χ0v) is 12.9. The van der Waals surface area contributed by atoms with Gasteiger partial charge in [0.15, 0.2) is 0 Å². The fraction of sp³-hybridized carbons (Fsp3) is 0.294. The molecule has 0 aliphatic carbocycles. The molecule has 0 aliphatic heterocycles. The molecular formula is C17H21N3O2. The van der Waals surface area contributed by atoms with Crippen molar-refractivity contribution in [3.8, 4) is 5.75 Å². The van der Waals surface area contributed by atoms with Gasteiger partial charge in [0.05, 0.1) is 6.61 Å². The topological polar surface area (TPSA) is 77.2 Å². The first-order valence-electron chi connectivity index (χ1n) is 7.32. The molecule has 3 N–H and O–H groups in total. The van der Waals surface area contributed by atoms with Crippen LogP contribution in [0.1, 0.15) is 34.8 Å². The van der Waals surface area contributed by atoms with Crippen LogP contribution in [0.3, 0.4) is 0 Å². The number of nitrogens with one attached hydrogen (secondary N) is 1. The molecule has 1 amide bonds. The number of benzene rings is 1. The zero-order valence-electron chi connectivity index (χ0n) is 12.9. The van der Waals surface area contributed by atoms with Gasteiger partial charge in [-0.2, -0.15) is 0 Å². The number of hydrogen-bond donors (Lipinski definition) is 2. The van der Waals surface area contributed by atoms with Gasteiger partial charge in [0.25, 0.3) is 0 Å². The molecule has 0 fully saturated rings. The van der Waals surface area contributed by atoms with Gasteiger partial charge in [0.2, 0.25) is 5.91 Å². The van der Waals surface area contributed by atoms with Crippen LogP contribution in [0.15, 0.2) is 36.5 Å². The summed E-state index contributed by atoms with van der Waals surface area (Å²) in [6.07, 6.45) is 2.52. The third-order valence-corrected chi connectivity index (χ3v) is 3.19. The Morgan fingerprint density at radius 1 is 1.32 bits per heavy atom. The van der Waals surface area contributed by atoms with E-state index >= 15 is 0 Å². The molecule has 0 spiro atoms. The predicted molar refractivity (Wildman–Crippen MR) is 87.0 cm³/mol. The number of aromatic nitrogens is 1. The third kappa shape index (κ3) is 4.22. The lowest BCUT2D eigenvalue weighted by Crippen LogP contribution is -2.12. The van der Waals surface area contributed by atoms with Crippen molar-refractivity contribution in [1.29, 1.82) is 0 Å². The Bertz CT molecular complexity index is 656. The summed E-state index contributed by atoms with van der Waals surface area (Å²) in [4.78, 5) is 15.4. The number of nitrogens with zero attached hydrogens (tertiary/aromatic N) is 1. The van der Waals surface area contributed by atoms with Gasteiger partial charge in [0.1, 0.15) is 11.6 Å². The molecule has 0 bridgehead atoms. The standard InChI is InChI=1S/C17H21N3O2/c1-3-8-22-15-9-12(2)4-5-14(15)11-20-16-10-13(17(18)21)6-7-19-16/h4-7,9-10H,3,8,11H2,1-2H3,(H2,18,21)(H,19,20). The van der Waals surface area contributed by atoms with Crippen LogP contribution in [-0.2, 0) is 6.54 Å². The number of anilines is 1. The Labute approximate surface area is 130 Å². The molecule has 2 aromatic rings. The van der Waals surface area contributed by atoms with E-state index in [1.165, 1.54) is 0 Å². The highest BCUT2D eigenvalue weighted by Crippen LogP contribution is 2.21. The van der Waals surface area contributed by atoms with Crippen LogP contribution in [0.2, 0.25) is 0 Å².